The Balaban J connectivity index is 2.56. The van der Waals surface area contributed by atoms with Crippen molar-refractivity contribution in [3.05, 3.63) is 53.4 Å². The molecule has 23 heavy (non-hydrogen) atoms. The molecule has 0 atom stereocenters. The highest BCUT2D eigenvalue weighted by Gasteiger charge is 2.34. The first-order chi connectivity index (χ1) is 11.0. The Morgan fingerprint density at radius 3 is 2.13 bits per heavy atom. The second-order valence-electron chi connectivity index (χ2n) is 4.29. The lowest BCUT2D eigenvalue weighted by Gasteiger charge is -2.08. The molecule has 2 rings (SSSR count). The minimum absolute atomic E-state index is 0.112. The number of nitro groups is 1. The number of hydrogen-bond acceptors (Lipinski definition) is 5. The number of ether oxygens (including phenoxy) is 3. The quantitative estimate of drug-likeness (QED) is 0.361. The molecule has 0 radical (unpaired) electrons. The Labute approximate surface area is 142 Å². The van der Waals surface area contributed by atoms with Gasteiger partial charge in [0.25, 0.3) is 7.14 Å². The zero-order valence-electron chi connectivity index (χ0n) is 12.6. The summed E-state index contributed by atoms with van der Waals surface area (Å²) in [6, 6.07) is 6.78. The van der Waals surface area contributed by atoms with Crippen molar-refractivity contribution >= 4 is 5.69 Å². The van der Waals surface area contributed by atoms with Gasteiger partial charge in [-0.2, -0.15) is 0 Å². The summed E-state index contributed by atoms with van der Waals surface area (Å²) in [4.78, 5) is 10.6. The van der Waals surface area contributed by atoms with Crippen molar-refractivity contribution in [2.45, 2.75) is 0 Å². The summed E-state index contributed by atoms with van der Waals surface area (Å²) in [5, 5.41) is 11.2. The summed E-state index contributed by atoms with van der Waals surface area (Å²) in [7, 11) is 4.49. The number of methoxy groups -OCH3 is 3. The van der Waals surface area contributed by atoms with Gasteiger partial charge in [-0.1, -0.05) is 0 Å². The van der Waals surface area contributed by atoms with Crippen molar-refractivity contribution in [2.24, 2.45) is 0 Å². The molecule has 2 aromatic rings. The summed E-state index contributed by atoms with van der Waals surface area (Å²) in [5.74, 6) is 1.01. The maximum Gasteiger partial charge on any atom is 0.373 e. The zero-order chi connectivity index (χ0) is 17.0. The Morgan fingerprint density at radius 2 is 1.65 bits per heavy atom. The smallest absolute Gasteiger partial charge is 0.373 e. The van der Waals surface area contributed by atoms with Crippen LogP contribution in [0.1, 0.15) is 0 Å². The maximum absolute atomic E-state index is 13.5. The fourth-order valence-corrected chi connectivity index (χ4v) is 4.83. The molecule has 0 bridgehead atoms. The van der Waals surface area contributed by atoms with Crippen LogP contribution in [0.25, 0.3) is 0 Å². The highest BCUT2D eigenvalue weighted by molar-refractivity contribution is 5.42. The molecule has 8 heteroatoms. The van der Waals surface area contributed by atoms with Crippen LogP contribution in [0.15, 0.2) is 30.3 Å². The first-order valence-electron chi connectivity index (χ1n) is 6.39. The van der Waals surface area contributed by atoms with Crippen LogP contribution in [0.4, 0.5) is 10.1 Å². The molecule has 0 saturated carbocycles. The topological polar surface area (TPSA) is 70.8 Å². The molecule has 0 N–H and O–H groups in total. The SMILES string of the molecule is COc1cc(OC)c([I+]c2cc(F)ccc2[N+](=O)[O-])c(OC)c1. The summed E-state index contributed by atoms with van der Waals surface area (Å²) in [5.41, 5.74) is -0.112. The number of hydrogen-bond donors (Lipinski definition) is 0. The van der Waals surface area contributed by atoms with Crippen LogP contribution in [0.2, 0.25) is 0 Å². The molecule has 0 aliphatic rings. The van der Waals surface area contributed by atoms with Crippen molar-refractivity contribution in [1.82, 2.24) is 0 Å². The average molecular weight is 434 g/mol. The summed E-state index contributed by atoms with van der Waals surface area (Å²) >= 11 is -1.10. The van der Waals surface area contributed by atoms with Crippen molar-refractivity contribution in [1.29, 1.82) is 0 Å². The molecule has 0 unspecified atom stereocenters. The largest absolute Gasteiger partial charge is 0.496 e. The fourth-order valence-electron chi connectivity index (χ4n) is 1.86. The third-order valence-electron chi connectivity index (χ3n) is 2.96. The Morgan fingerprint density at radius 1 is 1.04 bits per heavy atom. The number of benzene rings is 2. The first kappa shape index (κ1) is 17.3. The van der Waals surface area contributed by atoms with Gasteiger partial charge in [0.2, 0.25) is 0 Å². The van der Waals surface area contributed by atoms with Crippen molar-refractivity contribution < 1.29 is 44.7 Å². The summed E-state index contributed by atoms with van der Waals surface area (Å²) in [6.45, 7) is 0. The second kappa shape index (κ2) is 7.44. The van der Waals surface area contributed by atoms with Crippen LogP contribution in [-0.4, -0.2) is 26.3 Å². The van der Waals surface area contributed by atoms with E-state index in [2.05, 4.69) is 0 Å². The van der Waals surface area contributed by atoms with Crippen LogP contribution in [-0.2, 0) is 0 Å². The Bertz CT molecular complexity index is 713. The van der Waals surface area contributed by atoms with E-state index in [0.717, 1.165) is 6.07 Å². The van der Waals surface area contributed by atoms with E-state index in [1.54, 1.807) is 12.1 Å². The number of rotatable bonds is 6. The van der Waals surface area contributed by atoms with Gasteiger partial charge in [-0.15, -0.1) is 0 Å². The first-order valence-corrected chi connectivity index (χ1v) is 8.54. The normalized spacial score (nSPS) is 10.3. The van der Waals surface area contributed by atoms with Crippen molar-refractivity contribution in [3.8, 4) is 17.2 Å². The van der Waals surface area contributed by atoms with Gasteiger partial charge in [-0.05, 0) is 6.07 Å². The molecule has 0 heterocycles. The van der Waals surface area contributed by atoms with Crippen LogP contribution < -0.4 is 35.4 Å². The molecule has 2 aromatic carbocycles. The standard InChI is InChI=1S/C15H14FINO5/c1-21-10-7-13(22-2)15(14(8-10)23-3)17-11-6-9(16)4-5-12(11)18(19)20/h4-8H,1-3H3/q+1. The average Bonchev–Trinajstić information content (AvgIpc) is 2.54. The minimum Gasteiger partial charge on any atom is -0.496 e. The predicted octanol–water partition coefficient (Wildman–Crippen LogP) is -0.112. The van der Waals surface area contributed by atoms with Crippen molar-refractivity contribution in [2.75, 3.05) is 21.3 Å². The molecule has 122 valence electrons. The van der Waals surface area contributed by atoms with Gasteiger partial charge in [-0.25, -0.2) is 4.39 Å². The molecule has 0 fully saturated rings. The number of halogens is 2. The lowest BCUT2D eigenvalue weighted by atomic mass is 10.3. The van der Waals surface area contributed by atoms with E-state index in [0.29, 0.717) is 24.4 Å². The third kappa shape index (κ3) is 3.81. The molecule has 6 nitrogen and oxygen atoms in total. The van der Waals surface area contributed by atoms with E-state index < -0.39 is 31.9 Å². The molecule has 0 aliphatic heterocycles. The lowest BCUT2D eigenvalue weighted by molar-refractivity contribution is -0.606. The monoisotopic (exact) mass is 434 g/mol. The van der Waals surface area contributed by atoms with Crippen LogP contribution in [0.3, 0.4) is 0 Å². The van der Waals surface area contributed by atoms with Gasteiger partial charge in [-0.3, -0.25) is 10.1 Å². The fraction of sp³-hybridized carbons (Fsp3) is 0.200. The van der Waals surface area contributed by atoms with Gasteiger partial charge in [0.15, 0.2) is 11.5 Å². The van der Waals surface area contributed by atoms with E-state index >= 15 is 0 Å². The van der Waals surface area contributed by atoms with Gasteiger partial charge in [0, 0.05) is 24.3 Å². The van der Waals surface area contributed by atoms with E-state index in [-0.39, 0.29) is 5.69 Å². The second-order valence-corrected chi connectivity index (χ2v) is 7.07. The van der Waals surface area contributed by atoms with E-state index in [1.165, 1.54) is 33.5 Å². The van der Waals surface area contributed by atoms with Crippen molar-refractivity contribution in [3.63, 3.8) is 0 Å². The van der Waals surface area contributed by atoms with Gasteiger partial charge >= 0.3 is 26.9 Å². The molecule has 0 amide bonds. The maximum atomic E-state index is 13.5. The number of nitro benzene ring substituents is 1. The molecule has 0 spiro atoms. The molecule has 0 aromatic heterocycles. The Kier molecular flexibility index (Phi) is 5.59. The van der Waals surface area contributed by atoms with Gasteiger partial charge < -0.3 is 14.2 Å². The molecular formula is C15H14FINO5+. The highest BCUT2D eigenvalue weighted by Crippen LogP contribution is 2.27. The van der Waals surface area contributed by atoms with Gasteiger partial charge in [0.1, 0.15) is 11.6 Å². The summed E-state index contributed by atoms with van der Waals surface area (Å²) < 4.78 is 30.4. The third-order valence-corrected chi connectivity index (χ3v) is 6.01. The molecular weight excluding hydrogens is 420 g/mol. The zero-order valence-corrected chi connectivity index (χ0v) is 14.8. The lowest BCUT2D eigenvalue weighted by Crippen LogP contribution is -3.61. The number of nitrogens with zero attached hydrogens (tertiary/aromatic N) is 1. The Hall–Kier alpha value is -2.10. The van der Waals surface area contributed by atoms with E-state index in [9.17, 15) is 14.5 Å². The van der Waals surface area contributed by atoms with Crippen LogP contribution in [0, 0.1) is 23.1 Å². The van der Waals surface area contributed by atoms with Crippen LogP contribution >= 0.6 is 0 Å². The molecule has 0 aliphatic carbocycles. The summed E-state index contributed by atoms with van der Waals surface area (Å²) in [6.07, 6.45) is 0. The van der Waals surface area contributed by atoms with E-state index in [1.807, 2.05) is 0 Å². The predicted molar refractivity (Wildman–Crippen MR) is 76.5 cm³/mol. The van der Waals surface area contributed by atoms with E-state index in [4.69, 9.17) is 14.2 Å². The van der Waals surface area contributed by atoms with Crippen LogP contribution in [0.5, 0.6) is 17.2 Å². The van der Waals surface area contributed by atoms with Gasteiger partial charge in [0.05, 0.1) is 26.3 Å². The molecule has 0 saturated heterocycles. The minimum atomic E-state index is -1.10. The highest BCUT2D eigenvalue weighted by atomic mass is 127.